The lowest BCUT2D eigenvalue weighted by Crippen LogP contribution is -1.99. The van der Waals surface area contributed by atoms with Crippen molar-refractivity contribution in [2.75, 3.05) is 0 Å². The molecule has 0 radical (unpaired) electrons. The maximum absolute atomic E-state index is 5.84. The number of hydrogen-bond donors (Lipinski definition) is 0. The van der Waals surface area contributed by atoms with Crippen LogP contribution in [-0.2, 0) is 12.4 Å². The minimum atomic E-state index is 0.485. The normalized spacial score (nSPS) is 10.7. The van der Waals surface area contributed by atoms with Gasteiger partial charge in [0.1, 0.15) is 0 Å². The highest BCUT2D eigenvalue weighted by molar-refractivity contribution is 7.16. The van der Waals surface area contributed by atoms with Crippen molar-refractivity contribution < 1.29 is 0 Å². The molecule has 0 aliphatic carbocycles. The number of imidazole rings is 1. The van der Waals surface area contributed by atoms with Crippen molar-refractivity contribution >= 4 is 34.5 Å². The van der Waals surface area contributed by atoms with Gasteiger partial charge in [-0.25, -0.2) is 4.98 Å². The molecule has 0 bridgehead atoms. The molecule has 0 aliphatic heterocycles. The van der Waals surface area contributed by atoms with Crippen LogP contribution in [0.2, 0.25) is 4.34 Å². The van der Waals surface area contributed by atoms with E-state index in [2.05, 4.69) is 4.98 Å². The standard InChI is InChI=1S/C9H8Cl2N2S/c10-3-7-4-12-6-13(7)5-8-1-2-9(11)14-8/h1-2,4,6H,3,5H2. The maximum atomic E-state index is 5.84. The summed E-state index contributed by atoms with van der Waals surface area (Å²) < 4.78 is 2.84. The molecule has 74 valence electrons. The summed E-state index contributed by atoms with van der Waals surface area (Å²) in [5, 5.41) is 0. The zero-order chi connectivity index (χ0) is 9.97. The van der Waals surface area contributed by atoms with Crippen LogP contribution in [0.15, 0.2) is 24.7 Å². The van der Waals surface area contributed by atoms with E-state index < -0.39 is 0 Å². The Bertz CT molecular complexity index is 422. The third-order valence-corrected chi connectivity index (χ3v) is 3.38. The molecule has 0 amide bonds. The fourth-order valence-electron chi connectivity index (χ4n) is 1.21. The van der Waals surface area contributed by atoms with E-state index in [0.29, 0.717) is 5.88 Å². The van der Waals surface area contributed by atoms with Gasteiger partial charge in [0.05, 0.1) is 28.8 Å². The molecule has 0 aliphatic rings. The van der Waals surface area contributed by atoms with Crippen LogP contribution < -0.4 is 0 Å². The molecule has 2 aromatic heterocycles. The van der Waals surface area contributed by atoms with E-state index in [9.17, 15) is 0 Å². The van der Waals surface area contributed by atoms with Crippen LogP contribution >= 0.6 is 34.5 Å². The molecule has 2 aromatic rings. The average molecular weight is 247 g/mol. The summed E-state index contributed by atoms with van der Waals surface area (Å²) in [7, 11) is 0. The van der Waals surface area contributed by atoms with Crippen LogP contribution in [0.3, 0.4) is 0 Å². The highest BCUT2D eigenvalue weighted by Gasteiger charge is 2.03. The molecule has 0 N–H and O–H groups in total. The van der Waals surface area contributed by atoms with Crippen molar-refractivity contribution in [3.05, 3.63) is 39.6 Å². The molecular formula is C9H8Cl2N2S. The molecule has 0 spiro atoms. The van der Waals surface area contributed by atoms with Gasteiger partial charge in [0.2, 0.25) is 0 Å². The number of halogens is 2. The van der Waals surface area contributed by atoms with E-state index in [0.717, 1.165) is 16.6 Å². The smallest absolute Gasteiger partial charge is 0.0951 e. The molecule has 2 rings (SSSR count). The number of thiophene rings is 1. The summed E-state index contributed by atoms with van der Waals surface area (Å²) in [6.45, 7) is 0.791. The first-order chi connectivity index (χ1) is 6.79. The van der Waals surface area contributed by atoms with Gasteiger partial charge in [-0.3, -0.25) is 0 Å². The first-order valence-corrected chi connectivity index (χ1v) is 5.81. The zero-order valence-corrected chi connectivity index (χ0v) is 9.61. The minimum Gasteiger partial charge on any atom is -0.328 e. The quantitative estimate of drug-likeness (QED) is 0.760. The molecular weight excluding hydrogens is 239 g/mol. The molecule has 2 heterocycles. The molecule has 0 fully saturated rings. The summed E-state index contributed by atoms with van der Waals surface area (Å²) in [6.07, 6.45) is 3.56. The Balaban J connectivity index is 2.18. The number of nitrogens with zero attached hydrogens (tertiary/aromatic N) is 2. The Morgan fingerprint density at radius 1 is 1.43 bits per heavy atom. The molecule has 5 heteroatoms. The molecule has 0 unspecified atom stereocenters. The van der Waals surface area contributed by atoms with Crippen LogP contribution in [0.25, 0.3) is 0 Å². The Labute approximate surface area is 96.1 Å². The third-order valence-electron chi connectivity index (χ3n) is 1.89. The molecule has 0 saturated carbocycles. The Morgan fingerprint density at radius 2 is 2.29 bits per heavy atom. The van der Waals surface area contributed by atoms with Gasteiger partial charge in [0, 0.05) is 11.1 Å². The first kappa shape index (κ1) is 10.0. The SMILES string of the molecule is ClCc1cncn1Cc1ccc(Cl)s1. The summed E-state index contributed by atoms with van der Waals surface area (Å²) in [4.78, 5) is 5.25. The molecule has 0 atom stereocenters. The van der Waals surface area contributed by atoms with E-state index in [4.69, 9.17) is 23.2 Å². The number of hydrogen-bond acceptors (Lipinski definition) is 2. The molecule has 0 saturated heterocycles. The fraction of sp³-hybridized carbons (Fsp3) is 0.222. The first-order valence-electron chi connectivity index (χ1n) is 4.09. The van der Waals surface area contributed by atoms with Crippen molar-refractivity contribution in [1.82, 2.24) is 9.55 Å². The summed E-state index contributed by atoms with van der Waals surface area (Å²) >= 11 is 13.2. The Hall–Kier alpha value is -0.510. The van der Waals surface area contributed by atoms with Crippen molar-refractivity contribution in [2.24, 2.45) is 0 Å². The summed E-state index contributed by atoms with van der Waals surface area (Å²) in [6, 6.07) is 3.92. The molecule has 0 aromatic carbocycles. The van der Waals surface area contributed by atoms with Crippen LogP contribution in [0, 0.1) is 0 Å². The van der Waals surface area contributed by atoms with Gasteiger partial charge >= 0.3 is 0 Å². The van der Waals surface area contributed by atoms with Crippen LogP contribution in [0.1, 0.15) is 10.6 Å². The lowest BCUT2D eigenvalue weighted by Gasteiger charge is -2.02. The summed E-state index contributed by atoms with van der Waals surface area (Å²) in [5.74, 6) is 0.485. The van der Waals surface area contributed by atoms with E-state index in [-0.39, 0.29) is 0 Å². The van der Waals surface area contributed by atoms with Gasteiger partial charge in [-0.2, -0.15) is 0 Å². The summed E-state index contributed by atoms with van der Waals surface area (Å²) in [5.41, 5.74) is 1.02. The van der Waals surface area contributed by atoms with Crippen molar-refractivity contribution in [1.29, 1.82) is 0 Å². The molecule has 2 nitrogen and oxygen atoms in total. The van der Waals surface area contributed by atoms with Gasteiger partial charge in [-0.15, -0.1) is 22.9 Å². The average Bonchev–Trinajstić information content (AvgIpc) is 2.76. The minimum absolute atomic E-state index is 0.485. The second-order valence-electron chi connectivity index (χ2n) is 2.85. The predicted octanol–water partition coefficient (Wildman–Crippen LogP) is 3.39. The highest BCUT2D eigenvalue weighted by Crippen LogP contribution is 2.22. The lowest BCUT2D eigenvalue weighted by atomic mass is 10.4. The fourth-order valence-corrected chi connectivity index (χ4v) is 2.52. The van der Waals surface area contributed by atoms with Gasteiger partial charge in [0.25, 0.3) is 0 Å². The number of aromatic nitrogens is 2. The Kier molecular flexibility index (Phi) is 3.11. The van der Waals surface area contributed by atoms with Crippen molar-refractivity contribution in [2.45, 2.75) is 12.4 Å². The Morgan fingerprint density at radius 3 is 2.93 bits per heavy atom. The molecule has 14 heavy (non-hydrogen) atoms. The predicted molar refractivity (Wildman–Crippen MR) is 60.2 cm³/mol. The van der Waals surface area contributed by atoms with Crippen molar-refractivity contribution in [3.8, 4) is 0 Å². The van der Waals surface area contributed by atoms with Crippen LogP contribution in [-0.4, -0.2) is 9.55 Å². The zero-order valence-electron chi connectivity index (χ0n) is 7.28. The topological polar surface area (TPSA) is 17.8 Å². The number of rotatable bonds is 3. The van der Waals surface area contributed by atoms with E-state index in [1.165, 1.54) is 4.88 Å². The van der Waals surface area contributed by atoms with Crippen LogP contribution in [0.5, 0.6) is 0 Å². The van der Waals surface area contributed by atoms with Gasteiger partial charge in [-0.05, 0) is 12.1 Å². The monoisotopic (exact) mass is 246 g/mol. The second kappa shape index (κ2) is 4.34. The largest absolute Gasteiger partial charge is 0.328 e. The lowest BCUT2D eigenvalue weighted by molar-refractivity contribution is 0.776. The van der Waals surface area contributed by atoms with Crippen molar-refractivity contribution in [3.63, 3.8) is 0 Å². The van der Waals surface area contributed by atoms with Gasteiger partial charge in [0.15, 0.2) is 0 Å². The van der Waals surface area contributed by atoms with Gasteiger partial charge in [-0.1, -0.05) is 11.6 Å². The second-order valence-corrected chi connectivity index (χ2v) is 4.92. The highest BCUT2D eigenvalue weighted by atomic mass is 35.5. The van der Waals surface area contributed by atoms with E-state index in [1.54, 1.807) is 23.9 Å². The third kappa shape index (κ3) is 2.11. The number of alkyl halides is 1. The van der Waals surface area contributed by atoms with Gasteiger partial charge < -0.3 is 4.57 Å². The maximum Gasteiger partial charge on any atom is 0.0951 e. The van der Waals surface area contributed by atoms with Crippen LogP contribution in [0.4, 0.5) is 0 Å². The van der Waals surface area contributed by atoms with E-state index in [1.807, 2.05) is 16.7 Å². The van der Waals surface area contributed by atoms with E-state index >= 15 is 0 Å².